The lowest BCUT2D eigenvalue weighted by molar-refractivity contribution is 0.592. The highest BCUT2D eigenvalue weighted by Gasteiger charge is 2.30. The van der Waals surface area contributed by atoms with Gasteiger partial charge in [-0.05, 0) is 43.2 Å². The van der Waals surface area contributed by atoms with Crippen LogP contribution in [0.25, 0.3) is 0 Å². The Morgan fingerprint density at radius 2 is 1.80 bits per heavy atom. The van der Waals surface area contributed by atoms with Gasteiger partial charge in [0.2, 0.25) is 0 Å². The van der Waals surface area contributed by atoms with E-state index in [9.17, 15) is 8.42 Å². The second-order valence-electron chi connectivity index (χ2n) is 5.03. The lowest BCUT2D eigenvalue weighted by atomic mass is 10.1. The molecule has 0 bridgehead atoms. The van der Waals surface area contributed by atoms with Crippen LogP contribution in [0.4, 0.5) is 11.4 Å². The average Bonchev–Trinajstić information content (AvgIpc) is 2.82. The maximum absolute atomic E-state index is 12.7. The number of aryl methyl sites for hydroxylation is 1. The van der Waals surface area contributed by atoms with E-state index in [1.165, 1.54) is 4.31 Å². The molecule has 0 fully saturated rings. The van der Waals surface area contributed by atoms with E-state index >= 15 is 0 Å². The van der Waals surface area contributed by atoms with Gasteiger partial charge in [-0.2, -0.15) is 0 Å². The van der Waals surface area contributed by atoms with Crippen LogP contribution in [-0.4, -0.2) is 15.0 Å². The highest BCUT2D eigenvalue weighted by atomic mass is 32.2. The van der Waals surface area contributed by atoms with Crippen LogP contribution in [-0.2, 0) is 16.4 Å². The SMILES string of the molecule is Cc1ccc(S(=O)(=O)N2CCc3ccc(N)cc32)cc1. The molecule has 0 saturated carbocycles. The summed E-state index contributed by atoms with van der Waals surface area (Å²) in [4.78, 5) is 0.318. The van der Waals surface area contributed by atoms with Crippen molar-refractivity contribution in [3.05, 3.63) is 53.6 Å². The van der Waals surface area contributed by atoms with Gasteiger partial charge in [-0.3, -0.25) is 4.31 Å². The van der Waals surface area contributed by atoms with E-state index in [1.807, 2.05) is 25.1 Å². The van der Waals surface area contributed by atoms with E-state index < -0.39 is 10.0 Å². The first kappa shape index (κ1) is 13.0. The quantitative estimate of drug-likeness (QED) is 0.863. The van der Waals surface area contributed by atoms with E-state index in [0.717, 1.165) is 17.5 Å². The van der Waals surface area contributed by atoms with Crippen LogP contribution in [0.2, 0.25) is 0 Å². The molecule has 5 heteroatoms. The summed E-state index contributed by atoms with van der Waals surface area (Å²) in [5.41, 5.74) is 9.11. The van der Waals surface area contributed by atoms with E-state index in [0.29, 0.717) is 22.8 Å². The lowest BCUT2D eigenvalue weighted by Crippen LogP contribution is -2.29. The molecule has 0 unspecified atom stereocenters. The average molecular weight is 288 g/mol. The van der Waals surface area contributed by atoms with Crippen molar-refractivity contribution >= 4 is 21.4 Å². The van der Waals surface area contributed by atoms with E-state index in [-0.39, 0.29) is 0 Å². The van der Waals surface area contributed by atoms with E-state index in [4.69, 9.17) is 5.73 Å². The van der Waals surface area contributed by atoms with Crippen LogP contribution in [0.3, 0.4) is 0 Å². The Balaban J connectivity index is 2.07. The smallest absolute Gasteiger partial charge is 0.264 e. The normalized spacial score (nSPS) is 14.3. The Morgan fingerprint density at radius 3 is 2.50 bits per heavy atom. The van der Waals surface area contributed by atoms with E-state index in [1.54, 1.807) is 24.3 Å². The highest BCUT2D eigenvalue weighted by molar-refractivity contribution is 7.92. The molecule has 0 spiro atoms. The zero-order chi connectivity index (χ0) is 14.3. The van der Waals surface area contributed by atoms with Gasteiger partial charge in [-0.1, -0.05) is 23.8 Å². The molecule has 0 amide bonds. The minimum absolute atomic E-state index is 0.318. The monoisotopic (exact) mass is 288 g/mol. The van der Waals surface area contributed by atoms with Crippen LogP contribution in [0, 0.1) is 6.92 Å². The zero-order valence-electron chi connectivity index (χ0n) is 11.2. The summed E-state index contributed by atoms with van der Waals surface area (Å²) < 4.78 is 26.9. The largest absolute Gasteiger partial charge is 0.399 e. The van der Waals surface area contributed by atoms with Crippen molar-refractivity contribution < 1.29 is 8.42 Å². The first-order valence-electron chi connectivity index (χ1n) is 6.46. The summed E-state index contributed by atoms with van der Waals surface area (Å²) in [6.45, 7) is 2.40. The van der Waals surface area contributed by atoms with Crippen molar-refractivity contribution in [1.82, 2.24) is 0 Å². The minimum Gasteiger partial charge on any atom is -0.399 e. The summed E-state index contributed by atoms with van der Waals surface area (Å²) in [5, 5.41) is 0. The third kappa shape index (κ3) is 2.04. The van der Waals surface area contributed by atoms with Crippen LogP contribution in [0.1, 0.15) is 11.1 Å². The molecule has 0 radical (unpaired) electrons. The second-order valence-corrected chi connectivity index (χ2v) is 6.89. The van der Waals surface area contributed by atoms with Crippen molar-refractivity contribution in [3.8, 4) is 0 Å². The van der Waals surface area contributed by atoms with Gasteiger partial charge < -0.3 is 5.73 Å². The van der Waals surface area contributed by atoms with Gasteiger partial charge in [0, 0.05) is 12.2 Å². The maximum atomic E-state index is 12.7. The summed E-state index contributed by atoms with van der Waals surface area (Å²) >= 11 is 0. The van der Waals surface area contributed by atoms with Crippen LogP contribution in [0.15, 0.2) is 47.4 Å². The highest BCUT2D eigenvalue weighted by Crippen LogP contribution is 2.34. The third-order valence-electron chi connectivity index (χ3n) is 3.57. The van der Waals surface area contributed by atoms with Gasteiger partial charge in [-0.15, -0.1) is 0 Å². The van der Waals surface area contributed by atoms with Gasteiger partial charge in [-0.25, -0.2) is 8.42 Å². The predicted molar refractivity (Wildman–Crippen MR) is 80.3 cm³/mol. The number of nitrogens with two attached hydrogens (primary N) is 1. The Morgan fingerprint density at radius 1 is 1.10 bits per heavy atom. The fraction of sp³-hybridized carbons (Fsp3) is 0.200. The molecule has 1 aliphatic rings. The van der Waals surface area contributed by atoms with E-state index in [2.05, 4.69) is 0 Å². The Hall–Kier alpha value is -2.01. The number of benzene rings is 2. The molecular formula is C15H16N2O2S. The standard InChI is InChI=1S/C15H16N2O2S/c1-11-2-6-14(7-3-11)20(18,19)17-9-8-12-4-5-13(16)10-15(12)17/h2-7,10H,8-9,16H2,1H3. The molecule has 1 aliphatic heterocycles. The molecule has 0 aromatic heterocycles. The molecule has 2 N–H and O–H groups in total. The van der Waals surface area contributed by atoms with Crippen LogP contribution < -0.4 is 10.0 Å². The molecule has 104 valence electrons. The number of nitrogens with zero attached hydrogens (tertiary/aromatic N) is 1. The molecule has 3 rings (SSSR count). The first-order valence-corrected chi connectivity index (χ1v) is 7.90. The van der Waals surface area contributed by atoms with Gasteiger partial charge in [0.25, 0.3) is 10.0 Å². The molecule has 0 saturated heterocycles. The maximum Gasteiger partial charge on any atom is 0.264 e. The number of anilines is 2. The number of nitrogen functional groups attached to an aromatic ring is 1. The van der Waals surface area contributed by atoms with Crippen LogP contribution in [0.5, 0.6) is 0 Å². The van der Waals surface area contributed by atoms with Gasteiger partial charge in [0.1, 0.15) is 0 Å². The van der Waals surface area contributed by atoms with Crippen molar-refractivity contribution in [1.29, 1.82) is 0 Å². The number of sulfonamides is 1. The molecule has 1 heterocycles. The number of rotatable bonds is 2. The van der Waals surface area contributed by atoms with Gasteiger partial charge in [0.05, 0.1) is 10.6 Å². The minimum atomic E-state index is -3.51. The molecular weight excluding hydrogens is 272 g/mol. The molecule has 2 aromatic rings. The van der Waals surface area contributed by atoms with Gasteiger partial charge in [0.15, 0.2) is 0 Å². The third-order valence-corrected chi connectivity index (χ3v) is 5.40. The molecule has 0 aliphatic carbocycles. The fourth-order valence-electron chi connectivity index (χ4n) is 2.45. The predicted octanol–water partition coefficient (Wildman–Crippen LogP) is 2.33. The Labute approximate surface area is 118 Å². The first-order chi connectivity index (χ1) is 9.48. The molecule has 4 nitrogen and oxygen atoms in total. The van der Waals surface area contributed by atoms with Crippen molar-refractivity contribution in [2.45, 2.75) is 18.2 Å². The molecule has 2 aromatic carbocycles. The van der Waals surface area contributed by atoms with Crippen molar-refractivity contribution in [2.75, 3.05) is 16.6 Å². The van der Waals surface area contributed by atoms with Crippen molar-refractivity contribution in [3.63, 3.8) is 0 Å². The topological polar surface area (TPSA) is 63.4 Å². The number of hydrogen-bond donors (Lipinski definition) is 1. The van der Waals surface area contributed by atoms with Crippen LogP contribution >= 0.6 is 0 Å². The van der Waals surface area contributed by atoms with Crippen molar-refractivity contribution in [2.24, 2.45) is 0 Å². The summed E-state index contributed by atoms with van der Waals surface area (Å²) in [7, 11) is -3.51. The number of hydrogen-bond acceptors (Lipinski definition) is 3. The second kappa shape index (κ2) is 4.52. The Kier molecular flexibility index (Phi) is 2.94. The fourth-order valence-corrected chi connectivity index (χ4v) is 3.95. The van der Waals surface area contributed by atoms with Gasteiger partial charge >= 0.3 is 0 Å². The summed E-state index contributed by atoms with van der Waals surface area (Å²) in [6.07, 6.45) is 0.723. The molecule has 20 heavy (non-hydrogen) atoms. The molecule has 0 atom stereocenters. The lowest BCUT2D eigenvalue weighted by Gasteiger charge is -2.20. The summed E-state index contributed by atoms with van der Waals surface area (Å²) in [6, 6.07) is 12.3. The number of fused-ring (bicyclic) bond motifs is 1. The Bertz CT molecular complexity index is 752. The summed E-state index contributed by atoms with van der Waals surface area (Å²) in [5.74, 6) is 0. The zero-order valence-corrected chi connectivity index (χ0v) is 12.0.